The molecule has 2 unspecified atom stereocenters. The first-order chi connectivity index (χ1) is 21.9. The summed E-state index contributed by atoms with van der Waals surface area (Å²) in [6.45, 7) is 10.0. The van der Waals surface area contributed by atoms with Gasteiger partial charge in [-0.3, -0.25) is 9.89 Å². The summed E-state index contributed by atoms with van der Waals surface area (Å²) in [4.78, 5) is 14.5. The normalized spacial score (nSPS) is 16.3. The van der Waals surface area contributed by atoms with E-state index in [1.807, 2.05) is 94.0 Å². The summed E-state index contributed by atoms with van der Waals surface area (Å²) in [6.07, 6.45) is 3.26. The summed E-state index contributed by atoms with van der Waals surface area (Å²) >= 11 is 17.0. The molecule has 14 heteroatoms. The maximum Gasteiger partial charge on any atom is 0.226 e. The van der Waals surface area contributed by atoms with Crippen molar-refractivity contribution in [2.45, 2.75) is 55.8 Å². The lowest BCUT2D eigenvalue weighted by Crippen LogP contribution is -2.32. The van der Waals surface area contributed by atoms with Crippen molar-refractivity contribution in [1.29, 1.82) is 0 Å². The Bertz CT molecular complexity index is 1680. The number of carbonyl (C=O) groups is 1. The van der Waals surface area contributed by atoms with Crippen LogP contribution in [0.25, 0.3) is 0 Å². The van der Waals surface area contributed by atoms with Crippen LogP contribution in [0.4, 0.5) is 0 Å². The highest BCUT2D eigenvalue weighted by Crippen LogP contribution is 2.51. The number of thioether (sulfide) groups is 3. The maximum atomic E-state index is 15.1. The number of nitrogens with one attached hydrogen (secondary N) is 2. The molecule has 0 radical (unpaired) electrons. The van der Waals surface area contributed by atoms with Gasteiger partial charge < -0.3 is 15.1 Å². The third-order valence-electron chi connectivity index (χ3n) is 7.17. The highest BCUT2D eigenvalue weighted by atomic mass is 32.2. The number of nitrogens with zero attached hydrogens (tertiary/aromatic N) is 2. The van der Waals surface area contributed by atoms with Crippen LogP contribution in [0.5, 0.6) is 0 Å². The number of thiocarbonyl (C=S) groups is 1. The molecule has 1 aliphatic rings. The number of hydrogen-bond acceptors (Lipinski definition) is 11. The van der Waals surface area contributed by atoms with E-state index in [4.69, 9.17) is 29.5 Å². The molecular weight excluding hydrogens is 712 g/mol. The third kappa shape index (κ3) is 10.2. The van der Waals surface area contributed by atoms with Crippen molar-refractivity contribution in [2.75, 3.05) is 26.1 Å². The van der Waals surface area contributed by atoms with E-state index < -0.39 is 7.14 Å². The van der Waals surface area contributed by atoms with E-state index in [-0.39, 0.29) is 16.4 Å². The number of aryl methyl sites for hydroxylation is 2. The Morgan fingerprint density at radius 3 is 2.33 bits per heavy atom. The van der Waals surface area contributed by atoms with Gasteiger partial charge in [-0.2, -0.15) is 5.10 Å². The number of aromatic amines is 1. The quantitative estimate of drug-likeness (QED) is 0.0515. The van der Waals surface area contributed by atoms with Gasteiger partial charge in [-0.05, 0) is 81.3 Å². The molecule has 3 N–H and O–H groups in total. The van der Waals surface area contributed by atoms with Crippen molar-refractivity contribution in [3.05, 3.63) is 91.5 Å². The zero-order chi connectivity index (χ0) is 34.0. The Morgan fingerprint density at radius 1 is 1.13 bits per heavy atom. The molecule has 0 aliphatic carbocycles. The SMILES string of the molecule is CC(C)=C(CP(=O)(C(=O)c1c(C)cc(CSc2n[nH]c(=S)s2)cc1C)c1ccccc1)/C(C)=C\CCSC1SC(=S)NN1C.CO. The molecule has 0 amide bonds. The summed E-state index contributed by atoms with van der Waals surface area (Å²) in [5.74, 6) is 1.62. The summed E-state index contributed by atoms with van der Waals surface area (Å²) in [7, 11) is -0.555. The number of aromatic nitrogens is 2. The molecule has 0 bridgehead atoms. The van der Waals surface area contributed by atoms with Crippen LogP contribution in [0.2, 0.25) is 0 Å². The molecule has 1 saturated heterocycles. The molecule has 2 heterocycles. The number of allylic oxidation sites excluding steroid dienone is 4. The molecule has 1 fully saturated rings. The third-order valence-corrected chi connectivity index (χ3v) is 15.2. The van der Waals surface area contributed by atoms with Crippen molar-refractivity contribution >= 4 is 93.3 Å². The van der Waals surface area contributed by atoms with Gasteiger partial charge in [-0.15, -0.1) is 11.8 Å². The predicted octanol–water partition coefficient (Wildman–Crippen LogP) is 8.70. The maximum absolute atomic E-state index is 15.1. The minimum atomic E-state index is -3.55. The van der Waals surface area contributed by atoms with Gasteiger partial charge in [0.2, 0.25) is 5.52 Å². The van der Waals surface area contributed by atoms with Crippen LogP contribution >= 0.6 is 78.2 Å². The fourth-order valence-electron chi connectivity index (χ4n) is 5.03. The summed E-state index contributed by atoms with van der Waals surface area (Å²) in [5, 5.41) is 16.7. The van der Waals surface area contributed by atoms with E-state index >= 15 is 4.57 Å². The molecule has 0 saturated carbocycles. The summed E-state index contributed by atoms with van der Waals surface area (Å²) in [5.41, 5.74) is 9.30. The van der Waals surface area contributed by atoms with Crippen molar-refractivity contribution in [3.8, 4) is 0 Å². The smallest absolute Gasteiger partial charge is 0.226 e. The molecular formula is C32H41N4O3PS6. The molecule has 2 atom stereocenters. The van der Waals surface area contributed by atoms with E-state index in [2.05, 4.69) is 28.6 Å². The Morgan fingerprint density at radius 2 is 1.78 bits per heavy atom. The molecule has 2 aromatic carbocycles. The van der Waals surface area contributed by atoms with E-state index in [9.17, 15) is 4.79 Å². The van der Waals surface area contributed by atoms with Crippen LogP contribution < -0.4 is 10.7 Å². The zero-order valence-electron chi connectivity index (χ0n) is 27.1. The topological polar surface area (TPSA) is 98.3 Å². The number of carbonyl (C=O) groups excluding carboxylic acids is 1. The van der Waals surface area contributed by atoms with Gasteiger partial charge in [0.15, 0.2) is 19.8 Å². The largest absolute Gasteiger partial charge is 0.400 e. The van der Waals surface area contributed by atoms with Crippen molar-refractivity contribution < 1.29 is 14.5 Å². The fourth-order valence-corrected chi connectivity index (χ4v) is 12.8. The second-order valence-corrected chi connectivity index (χ2v) is 19.6. The van der Waals surface area contributed by atoms with Gasteiger partial charge in [-0.25, -0.2) is 5.01 Å². The number of benzene rings is 2. The van der Waals surface area contributed by atoms with E-state index in [0.29, 0.717) is 20.6 Å². The number of rotatable bonds is 13. The number of H-pyrrole nitrogens is 1. The second kappa shape index (κ2) is 18.3. The molecule has 248 valence electrons. The molecule has 1 aromatic heterocycles. The highest BCUT2D eigenvalue weighted by Gasteiger charge is 2.37. The van der Waals surface area contributed by atoms with Gasteiger partial charge in [0, 0.05) is 36.9 Å². The minimum Gasteiger partial charge on any atom is -0.400 e. The first-order valence-corrected chi connectivity index (χ1v) is 20.9. The van der Waals surface area contributed by atoms with Crippen LogP contribution in [-0.2, 0) is 10.3 Å². The van der Waals surface area contributed by atoms with E-state index in [1.165, 1.54) is 11.3 Å². The molecule has 7 nitrogen and oxygen atoms in total. The van der Waals surface area contributed by atoms with Crippen molar-refractivity contribution in [2.24, 2.45) is 0 Å². The second-order valence-electron chi connectivity index (χ2n) is 10.8. The predicted molar refractivity (Wildman–Crippen MR) is 208 cm³/mol. The molecule has 3 aromatic rings. The molecule has 1 aliphatic heterocycles. The standard InChI is InChI=1S/C31H37N4O2PS6.CH4O/c1-19(2)25(20(3)11-10-14-41-31-35(6)34-29(40)44-31)17-38(37,24-12-8-7-9-13-24)27(36)26-21(4)15-23(16-22(26)5)18-42-30-33-32-28(39)43-30;1-2/h7-9,11-13,15-16,31H,10,14,17-18H2,1-6H3,(H,32,39)(H,34,40);2H,1H3/b20-11-;. The van der Waals surface area contributed by atoms with Crippen LogP contribution in [0.15, 0.2) is 69.6 Å². The highest BCUT2D eigenvalue weighted by molar-refractivity contribution is 8.30. The van der Waals surface area contributed by atoms with Crippen LogP contribution in [-0.4, -0.2) is 60.9 Å². The number of hydrazine groups is 1. The van der Waals surface area contributed by atoms with Crippen LogP contribution in [0.3, 0.4) is 0 Å². The first-order valence-electron chi connectivity index (χ1n) is 14.5. The van der Waals surface area contributed by atoms with Gasteiger partial charge in [0.1, 0.15) is 4.71 Å². The average Bonchev–Trinajstić information content (AvgIpc) is 3.60. The number of aliphatic hydroxyl groups excluding tert-OH is 1. The first kappa shape index (κ1) is 38.9. The Balaban J connectivity index is 0.00000282. The lowest BCUT2D eigenvalue weighted by Gasteiger charge is -2.23. The molecule has 4 rings (SSSR count). The lowest BCUT2D eigenvalue weighted by molar-refractivity contribution is 0.107. The average molecular weight is 753 g/mol. The van der Waals surface area contributed by atoms with E-state index in [0.717, 1.165) is 61.4 Å². The monoisotopic (exact) mass is 752 g/mol. The van der Waals surface area contributed by atoms with Gasteiger partial charge in [0.25, 0.3) is 0 Å². The van der Waals surface area contributed by atoms with Crippen LogP contribution in [0, 0.1) is 17.8 Å². The lowest BCUT2D eigenvalue weighted by atomic mass is 10.0. The molecule has 46 heavy (non-hydrogen) atoms. The summed E-state index contributed by atoms with van der Waals surface area (Å²) in [6, 6.07) is 13.3. The number of aliphatic hydroxyl groups is 1. The van der Waals surface area contributed by atoms with Gasteiger partial charge in [-0.1, -0.05) is 107 Å². The van der Waals surface area contributed by atoms with E-state index in [1.54, 1.807) is 23.5 Å². The van der Waals surface area contributed by atoms with Crippen molar-refractivity contribution in [3.63, 3.8) is 0 Å². The van der Waals surface area contributed by atoms with Gasteiger partial charge in [0.05, 0.1) is 0 Å². The van der Waals surface area contributed by atoms with Gasteiger partial charge >= 0.3 is 0 Å². The Kier molecular flexibility index (Phi) is 15.5. The Hall–Kier alpha value is -1.54. The summed E-state index contributed by atoms with van der Waals surface area (Å²) < 4.78 is 17.7. The Labute approximate surface area is 299 Å². The van der Waals surface area contributed by atoms with Crippen LogP contribution in [0.1, 0.15) is 54.2 Å². The molecule has 0 spiro atoms. The zero-order valence-corrected chi connectivity index (χ0v) is 32.9. The van der Waals surface area contributed by atoms with Crippen molar-refractivity contribution in [1.82, 2.24) is 20.6 Å². The minimum absolute atomic E-state index is 0.188. The fraction of sp³-hybridized carbons (Fsp3) is 0.375. The number of hydrogen-bond donors (Lipinski definition) is 3.